The second-order valence-electron chi connectivity index (χ2n) is 9.54. The number of carbonyl (C=O) groups is 1. The molecule has 6 heteroatoms. The lowest BCUT2D eigenvalue weighted by molar-refractivity contribution is 0.0724. The van der Waals surface area contributed by atoms with Crippen molar-refractivity contribution in [3.8, 4) is 11.5 Å². The monoisotopic (exact) mass is 496 g/mol. The van der Waals surface area contributed by atoms with Crippen LogP contribution in [0.25, 0.3) is 0 Å². The fraction of sp³-hybridized carbons (Fsp3) is 0.367. The third-order valence-corrected chi connectivity index (χ3v) is 7.06. The molecule has 0 aromatic heterocycles. The molecule has 0 saturated heterocycles. The van der Waals surface area contributed by atoms with Gasteiger partial charge in [-0.15, -0.1) is 0 Å². The standard InChI is InChI=1S/C30H31F3O3/c1-3-35-28-14-13-24(18-25(28)31)36-30(34)29-26(32)16-23(17-27(29)33)22-11-9-20(10-12-22)15-19(2)21-7-5-4-6-8-21/h4-8,13-14,16-20,22H,3,9-12,15H2,1-2H3. The lowest BCUT2D eigenvalue weighted by Crippen LogP contribution is -2.17. The van der Waals surface area contributed by atoms with Crippen molar-refractivity contribution in [3.63, 3.8) is 0 Å². The Balaban J connectivity index is 1.38. The van der Waals surface area contributed by atoms with Gasteiger partial charge in [-0.2, -0.15) is 0 Å². The molecule has 36 heavy (non-hydrogen) atoms. The fourth-order valence-electron chi connectivity index (χ4n) is 5.15. The Hall–Kier alpha value is -3.28. The molecule has 3 aromatic rings. The number of halogens is 3. The second-order valence-corrected chi connectivity index (χ2v) is 9.54. The van der Waals surface area contributed by atoms with E-state index in [1.54, 1.807) is 6.92 Å². The van der Waals surface area contributed by atoms with Crippen molar-refractivity contribution in [2.45, 2.75) is 57.8 Å². The maximum absolute atomic E-state index is 14.9. The average molecular weight is 497 g/mol. The molecular formula is C30H31F3O3. The third-order valence-electron chi connectivity index (χ3n) is 7.06. The van der Waals surface area contributed by atoms with E-state index >= 15 is 0 Å². The van der Waals surface area contributed by atoms with E-state index in [4.69, 9.17) is 9.47 Å². The van der Waals surface area contributed by atoms with Crippen LogP contribution < -0.4 is 9.47 Å². The van der Waals surface area contributed by atoms with E-state index in [0.717, 1.165) is 38.2 Å². The molecule has 0 N–H and O–H groups in total. The van der Waals surface area contributed by atoms with Crippen molar-refractivity contribution >= 4 is 5.97 Å². The molecule has 0 aliphatic heterocycles. The molecule has 1 atom stereocenters. The van der Waals surface area contributed by atoms with Crippen LogP contribution in [0, 0.1) is 23.4 Å². The zero-order valence-electron chi connectivity index (χ0n) is 20.6. The van der Waals surface area contributed by atoms with Gasteiger partial charge in [0.1, 0.15) is 22.9 Å². The highest BCUT2D eigenvalue weighted by atomic mass is 19.1. The first-order valence-corrected chi connectivity index (χ1v) is 12.5. The van der Waals surface area contributed by atoms with E-state index in [9.17, 15) is 18.0 Å². The summed E-state index contributed by atoms with van der Waals surface area (Å²) in [6.45, 7) is 4.22. The Morgan fingerprint density at radius 1 is 0.917 bits per heavy atom. The van der Waals surface area contributed by atoms with Crippen molar-refractivity contribution < 1.29 is 27.4 Å². The molecule has 1 fully saturated rings. The highest BCUT2D eigenvalue weighted by Crippen LogP contribution is 2.40. The summed E-state index contributed by atoms with van der Waals surface area (Å²) in [6, 6.07) is 16.5. The van der Waals surface area contributed by atoms with Gasteiger partial charge >= 0.3 is 5.97 Å². The van der Waals surface area contributed by atoms with Crippen molar-refractivity contribution in [2.24, 2.45) is 5.92 Å². The molecule has 1 saturated carbocycles. The summed E-state index contributed by atoms with van der Waals surface area (Å²) >= 11 is 0. The molecule has 0 heterocycles. The zero-order valence-corrected chi connectivity index (χ0v) is 20.6. The van der Waals surface area contributed by atoms with Crippen LogP contribution in [0.4, 0.5) is 13.2 Å². The van der Waals surface area contributed by atoms with Crippen molar-refractivity contribution in [1.29, 1.82) is 0 Å². The first-order valence-electron chi connectivity index (χ1n) is 12.5. The van der Waals surface area contributed by atoms with Crippen LogP contribution in [0.5, 0.6) is 11.5 Å². The average Bonchev–Trinajstić information content (AvgIpc) is 2.86. The minimum absolute atomic E-state index is 0.00302. The lowest BCUT2D eigenvalue weighted by atomic mass is 9.75. The Morgan fingerprint density at radius 3 is 2.19 bits per heavy atom. The van der Waals surface area contributed by atoms with Gasteiger partial charge in [0.05, 0.1) is 6.61 Å². The number of hydrogen-bond donors (Lipinski definition) is 0. The molecule has 0 spiro atoms. The SMILES string of the molecule is CCOc1ccc(OC(=O)c2c(F)cc(C3CCC(CC(C)c4ccccc4)CC3)cc2F)cc1F. The zero-order chi connectivity index (χ0) is 25.7. The summed E-state index contributed by atoms with van der Waals surface area (Å²) < 4.78 is 53.9. The topological polar surface area (TPSA) is 35.5 Å². The second kappa shape index (κ2) is 11.6. The summed E-state index contributed by atoms with van der Waals surface area (Å²) in [5.41, 5.74) is 1.11. The number of benzene rings is 3. The number of rotatable bonds is 8. The summed E-state index contributed by atoms with van der Waals surface area (Å²) in [5.74, 6) is -2.95. The molecule has 0 bridgehead atoms. The van der Waals surface area contributed by atoms with Crippen LogP contribution in [0.2, 0.25) is 0 Å². The Kier molecular flexibility index (Phi) is 8.34. The molecule has 1 aliphatic carbocycles. The van der Waals surface area contributed by atoms with Crippen LogP contribution >= 0.6 is 0 Å². The Morgan fingerprint density at radius 2 is 1.58 bits per heavy atom. The van der Waals surface area contributed by atoms with Gasteiger partial charge in [-0.1, -0.05) is 37.3 Å². The van der Waals surface area contributed by atoms with Crippen LogP contribution in [0.1, 0.15) is 79.3 Å². The molecule has 190 valence electrons. The number of esters is 1. The Bertz CT molecular complexity index is 1160. The van der Waals surface area contributed by atoms with Crippen LogP contribution in [-0.4, -0.2) is 12.6 Å². The normalized spacial score (nSPS) is 18.5. The minimum Gasteiger partial charge on any atom is -0.491 e. The smallest absolute Gasteiger partial charge is 0.349 e. The van der Waals surface area contributed by atoms with Crippen molar-refractivity contribution in [2.75, 3.05) is 6.61 Å². The van der Waals surface area contributed by atoms with Crippen molar-refractivity contribution in [3.05, 3.63) is 94.8 Å². The number of carbonyl (C=O) groups excluding carboxylic acids is 1. The maximum Gasteiger partial charge on any atom is 0.349 e. The molecule has 4 rings (SSSR count). The highest BCUT2D eigenvalue weighted by Gasteiger charge is 2.27. The predicted molar refractivity (Wildman–Crippen MR) is 133 cm³/mol. The molecule has 0 radical (unpaired) electrons. The maximum atomic E-state index is 14.9. The quantitative estimate of drug-likeness (QED) is 0.233. The first kappa shape index (κ1) is 25.8. The van der Waals surface area contributed by atoms with E-state index in [1.807, 2.05) is 6.07 Å². The lowest BCUT2D eigenvalue weighted by Gasteiger charge is -2.30. The molecule has 1 aliphatic rings. The largest absolute Gasteiger partial charge is 0.491 e. The van der Waals surface area contributed by atoms with Crippen molar-refractivity contribution in [1.82, 2.24) is 0 Å². The van der Waals surface area contributed by atoms with Gasteiger partial charge < -0.3 is 9.47 Å². The number of ether oxygens (including phenoxy) is 2. The molecule has 3 aromatic carbocycles. The summed E-state index contributed by atoms with van der Waals surface area (Å²) in [6.07, 6.45) is 4.79. The summed E-state index contributed by atoms with van der Waals surface area (Å²) in [7, 11) is 0. The fourth-order valence-corrected chi connectivity index (χ4v) is 5.15. The van der Waals surface area contributed by atoms with Gasteiger partial charge in [-0.25, -0.2) is 18.0 Å². The third kappa shape index (κ3) is 6.10. The summed E-state index contributed by atoms with van der Waals surface area (Å²) in [4.78, 5) is 12.5. The molecule has 3 nitrogen and oxygen atoms in total. The van der Waals surface area contributed by atoms with Gasteiger partial charge in [-0.3, -0.25) is 0 Å². The summed E-state index contributed by atoms with van der Waals surface area (Å²) in [5, 5.41) is 0. The van der Waals surface area contributed by atoms with E-state index in [0.29, 0.717) is 17.4 Å². The molecule has 0 amide bonds. The van der Waals surface area contributed by atoms with Gasteiger partial charge in [0.15, 0.2) is 11.6 Å². The Labute approximate surface area is 210 Å². The van der Waals surface area contributed by atoms with Gasteiger partial charge in [0.25, 0.3) is 0 Å². The molecule has 1 unspecified atom stereocenters. The van der Waals surface area contributed by atoms with E-state index in [1.165, 1.54) is 29.8 Å². The van der Waals surface area contributed by atoms with Gasteiger partial charge in [0, 0.05) is 6.07 Å². The van der Waals surface area contributed by atoms with Gasteiger partial charge in [-0.05, 0) is 92.2 Å². The van der Waals surface area contributed by atoms with E-state index < -0.39 is 29.0 Å². The van der Waals surface area contributed by atoms with Crippen LogP contribution in [0.15, 0.2) is 60.7 Å². The van der Waals surface area contributed by atoms with E-state index in [-0.39, 0.29) is 24.0 Å². The number of hydrogen-bond acceptors (Lipinski definition) is 3. The van der Waals surface area contributed by atoms with E-state index in [2.05, 4.69) is 31.2 Å². The highest BCUT2D eigenvalue weighted by molar-refractivity contribution is 5.91. The van der Waals surface area contributed by atoms with Crippen LogP contribution in [0.3, 0.4) is 0 Å². The van der Waals surface area contributed by atoms with Crippen LogP contribution in [-0.2, 0) is 0 Å². The minimum atomic E-state index is -1.21. The molecular weight excluding hydrogens is 465 g/mol. The predicted octanol–water partition coefficient (Wildman–Crippen LogP) is 8.19. The first-order chi connectivity index (χ1) is 17.4. The van der Waals surface area contributed by atoms with Gasteiger partial charge in [0.2, 0.25) is 0 Å².